The summed E-state index contributed by atoms with van der Waals surface area (Å²) in [7, 11) is 0. The molecule has 1 fully saturated rings. The van der Waals surface area contributed by atoms with E-state index in [1.54, 1.807) is 6.92 Å². The Morgan fingerprint density at radius 3 is 2.94 bits per heavy atom. The fourth-order valence-electron chi connectivity index (χ4n) is 2.19. The fraction of sp³-hybridized carbons (Fsp3) is 0.667. The minimum atomic E-state index is 0.0153. The van der Waals surface area contributed by atoms with Gasteiger partial charge < -0.3 is 14.3 Å². The summed E-state index contributed by atoms with van der Waals surface area (Å²) in [6, 6.07) is 0. The van der Waals surface area contributed by atoms with E-state index >= 15 is 0 Å². The van der Waals surface area contributed by atoms with Crippen molar-refractivity contribution >= 4 is 17.5 Å². The number of rotatable bonds is 3. The van der Waals surface area contributed by atoms with Crippen LogP contribution < -0.4 is 0 Å². The van der Waals surface area contributed by atoms with Crippen molar-refractivity contribution in [3.63, 3.8) is 0 Å². The van der Waals surface area contributed by atoms with Gasteiger partial charge in [-0.25, -0.2) is 0 Å². The molecule has 0 aliphatic carbocycles. The number of nitrogens with zero attached hydrogens (tertiary/aromatic N) is 3. The van der Waals surface area contributed by atoms with E-state index in [2.05, 4.69) is 10.1 Å². The zero-order valence-electron chi connectivity index (χ0n) is 10.6. The molecule has 2 heterocycles. The van der Waals surface area contributed by atoms with Crippen molar-refractivity contribution in [1.29, 1.82) is 0 Å². The molecular weight excluding hydrogens is 254 g/mol. The Kier molecular flexibility index (Phi) is 4.60. The average molecular weight is 272 g/mol. The third kappa shape index (κ3) is 3.03. The summed E-state index contributed by atoms with van der Waals surface area (Å²) in [6.07, 6.45) is 2.48. The first-order valence-electron chi connectivity index (χ1n) is 6.21. The highest BCUT2D eigenvalue weighted by Gasteiger charge is 2.22. The van der Waals surface area contributed by atoms with Crippen molar-refractivity contribution in [2.75, 3.05) is 38.6 Å². The molecule has 0 N–H and O–H groups in total. The second-order valence-corrected chi connectivity index (χ2v) is 4.85. The van der Waals surface area contributed by atoms with Crippen LogP contribution in [0.25, 0.3) is 0 Å². The smallest absolute Gasteiger partial charge is 0.259 e. The van der Waals surface area contributed by atoms with Crippen LogP contribution in [0, 0.1) is 6.92 Å². The summed E-state index contributed by atoms with van der Waals surface area (Å²) in [5.74, 6) is 1.24. The predicted molar refractivity (Wildman–Crippen MR) is 68.9 cm³/mol. The van der Waals surface area contributed by atoms with Gasteiger partial charge in [-0.05, 0) is 19.9 Å². The number of hydrogen-bond donors (Lipinski definition) is 0. The van der Waals surface area contributed by atoms with Gasteiger partial charge in [0.25, 0.3) is 5.91 Å². The molecule has 1 amide bonds. The highest BCUT2D eigenvalue weighted by atomic mass is 35.5. The van der Waals surface area contributed by atoms with Gasteiger partial charge in [-0.3, -0.25) is 4.79 Å². The first-order chi connectivity index (χ1) is 8.72. The Bertz CT molecular complexity index is 408. The number of carbonyl (C=O) groups is 1. The SMILES string of the molecule is Cc1oncc1C(=O)N1CCCN(CCCl)CC1. The molecule has 1 aliphatic rings. The topological polar surface area (TPSA) is 49.6 Å². The Hall–Kier alpha value is -1.07. The summed E-state index contributed by atoms with van der Waals surface area (Å²) in [5, 5.41) is 3.66. The van der Waals surface area contributed by atoms with Crippen LogP contribution in [0.5, 0.6) is 0 Å². The van der Waals surface area contributed by atoms with Crippen LogP contribution in [0.15, 0.2) is 10.7 Å². The summed E-state index contributed by atoms with van der Waals surface area (Å²) < 4.78 is 4.94. The first kappa shape index (κ1) is 13.4. The van der Waals surface area contributed by atoms with Gasteiger partial charge in [0, 0.05) is 32.1 Å². The van der Waals surface area contributed by atoms with Gasteiger partial charge >= 0.3 is 0 Å². The molecule has 1 aliphatic heterocycles. The molecule has 0 spiro atoms. The van der Waals surface area contributed by atoms with E-state index in [9.17, 15) is 4.79 Å². The molecule has 0 bridgehead atoms. The molecular formula is C12H18ClN3O2. The third-order valence-electron chi connectivity index (χ3n) is 3.26. The molecule has 0 radical (unpaired) electrons. The van der Waals surface area contributed by atoms with Crippen molar-refractivity contribution < 1.29 is 9.32 Å². The van der Waals surface area contributed by atoms with E-state index in [4.69, 9.17) is 16.1 Å². The van der Waals surface area contributed by atoms with Crippen LogP contribution in [0.2, 0.25) is 0 Å². The molecule has 1 aromatic heterocycles. The number of aryl methyl sites for hydroxylation is 1. The monoisotopic (exact) mass is 271 g/mol. The Balaban J connectivity index is 1.98. The van der Waals surface area contributed by atoms with Crippen molar-refractivity contribution in [3.8, 4) is 0 Å². The number of alkyl halides is 1. The maximum absolute atomic E-state index is 12.3. The molecule has 1 aromatic rings. The minimum Gasteiger partial charge on any atom is -0.361 e. The third-order valence-corrected chi connectivity index (χ3v) is 3.43. The maximum Gasteiger partial charge on any atom is 0.259 e. The minimum absolute atomic E-state index is 0.0153. The largest absolute Gasteiger partial charge is 0.361 e. The lowest BCUT2D eigenvalue weighted by Gasteiger charge is -2.21. The summed E-state index contributed by atoms with van der Waals surface area (Å²) in [4.78, 5) is 16.4. The van der Waals surface area contributed by atoms with Gasteiger partial charge in [0.15, 0.2) is 0 Å². The molecule has 6 heteroatoms. The maximum atomic E-state index is 12.3. The lowest BCUT2D eigenvalue weighted by Crippen LogP contribution is -2.35. The zero-order valence-corrected chi connectivity index (χ0v) is 11.3. The van der Waals surface area contributed by atoms with E-state index in [-0.39, 0.29) is 5.91 Å². The van der Waals surface area contributed by atoms with Crippen LogP contribution in [0.3, 0.4) is 0 Å². The Labute approximate surface area is 112 Å². The van der Waals surface area contributed by atoms with Gasteiger partial charge in [0.2, 0.25) is 0 Å². The predicted octanol–water partition coefficient (Wildman–Crippen LogP) is 1.37. The number of aromatic nitrogens is 1. The lowest BCUT2D eigenvalue weighted by molar-refractivity contribution is 0.0760. The molecule has 0 atom stereocenters. The fourth-order valence-corrected chi connectivity index (χ4v) is 2.43. The Morgan fingerprint density at radius 2 is 2.28 bits per heavy atom. The second kappa shape index (κ2) is 6.20. The molecule has 0 aromatic carbocycles. The van der Waals surface area contributed by atoms with Crippen LogP contribution in [-0.2, 0) is 0 Å². The van der Waals surface area contributed by atoms with Crippen molar-refractivity contribution in [3.05, 3.63) is 17.5 Å². The van der Waals surface area contributed by atoms with E-state index in [0.717, 1.165) is 39.1 Å². The van der Waals surface area contributed by atoms with E-state index < -0.39 is 0 Å². The molecule has 1 saturated heterocycles. The van der Waals surface area contributed by atoms with Crippen LogP contribution in [0.1, 0.15) is 22.5 Å². The quantitative estimate of drug-likeness (QED) is 0.779. The van der Waals surface area contributed by atoms with Crippen molar-refractivity contribution in [1.82, 2.24) is 15.0 Å². The highest BCUT2D eigenvalue weighted by molar-refractivity contribution is 6.18. The number of amides is 1. The van der Waals surface area contributed by atoms with Gasteiger partial charge in [-0.15, -0.1) is 11.6 Å². The van der Waals surface area contributed by atoms with Gasteiger partial charge in [0.05, 0.1) is 6.20 Å². The standard InChI is InChI=1S/C12H18ClN3O2/c1-10-11(9-14-18-10)12(17)16-5-2-4-15(6-3-13)7-8-16/h9H,2-8H2,1H3. The molecule has 18 heavy (non-hydrogen) atoms. The average Bonchev–Trinajstić information content (AvgIpc) is 2.64. The summed E-state index contributed by atoms with van der Waals surface area (Å²) >= 11 is 5.75. The number of hydrogen-bond acceptors (Lipinski definition) is 4. The van der Waals surface area contributed by atoms with Gasteiger partial charge in [-0.1, -0.05) is 5.16 Å². The van der Waals surface area contributed by atoms with Crippen molar-refractivity contribution in [2.45, 2.75) is 13.3 Å². The molecule has 0 saturated carbocycles. The van der Waals surface area contributed by atoms with E-state index in [1.807, 2.05) is 4.90 Å². The molecule has 2 rings (SSSR count). The lowest BCUT2D eigenvalue weighted by atomic mass is 10.2. The second-order valence-electron chi connectivity index (χ2n) is 4.47. The molecule has 5 nitrogen and oxygen atoms in total. The number of halogens is 1. The van der Waals surface area contributed by atoms with Gasteiger partial charge in [-0.2, -0.15) is 0 Å². The molecule has 0 unspecified atom stereocenters. The summed E-state index contributed by atoms with van der Waals surface area (Å²) in [6.45, 7) is 6.04. The van der Waals surface area contributed by atoms with Gasteiger partial charge in [0.1, 0.15) is 11.3 Å². The van der Waals surface area contributed by atoms with Crippen LogP contribution >= 0.6 is 11.6 Å². The zero-order chi connectivity index (χ0) is 13.0. The first-order valence-corrected chi connectivity index (χ1v) is 6.74. The van der Waals surface area contributed by atoms with Crippen LogP contribution in [0.4, 0.5) is 0 Å². The van der Waals surface area contributed by atoms with E-state index in [0.29, 0.717) is 17.2 Å². The number of carbonyl (C=O) groups excluding carboxylic acids is 1. The molecule has 100 valence electrons. The normalized spacial score (nSPS) is 17.8. The van der Waals surface area contributed by atoms with Crippen LogP contribution in [-0.4, -0.2) is 59.5 Å². The van der Waals surface area contributed by atoms with E-state index in [1.165, 1.54) is 6.20 Å². The summed E-state index contributed by atoms with van der Waals surface area (Å²) in [5.41, 5.74) is 0.570. The van der Waals surface area contributed by atoms with Crippen molar-refractivity contribution in [2.24, 2.45) is 0 Å². The Morgan fingerprint density at radius 1 is 1.44 bits per heavy atom. The highest BCUT2D eigenvalue weighted by Crippen LogP contribution is 2.12.